The molecule has 0 saturated heterocycles. The van der Waals surface area contributed by atoms with Crippen LogP contribution in [-0.4, -0.2) is 23.9 Å². The predicted molar refractivity (Wildman–Crippen MR) is 62.9 cm³/mol. The second-order valence-corrected chi connectivity index (χ2v) is 4.07. The summed E-state index contributed by atoms with van der Waals surface area (Å²) in [6, 6.07) is 1.70. The van der Waals surface area contributed by atoms with Gasteiger partial charge in [-0.25, -0.2) is 0 Å². The Morgan fingerprint density at radius 3 is 2.73 bits per heavy atom. The summed E-state index contributed by atoms with van der Waals surface area (Å²) in [7, 11) is 0. The molecular formula is C11H16BrNO2. The fourth-order valence-corrected chi connectivity index (χ4v) is 1.78. The van der Waals surface area contributed by atoms with Gasteiger partial charge in [-0.15, -0.1) is 0 Å². The van der Waals surface area contributed by atoms with Crippen molar-refractivity contribution in [3.8, 4) is 0 Å². The number of nitrogens with zero attached hydrogens (tertiary/aromatic N) is 1. The van der Waals surface area contributed by atoms with E-state index in [0.717, 1.165) is 25.9 Å². The van der Waals surface area contributed by atoms with Gasteiger partial charge in [0.1, 0.15) is 0 Å². The van der Waals surface area contributed by atoms with Crippen LogP contribution in [0.25, 0.3) is 0 Å². The summed E-state index contributed by atoms with van der Waals surface area (Å²) < 4.78 is 5.57. The highest BCUT2D eigenvalue weighted by Crippen LogP contribution is 2.19. The molecule has 0 aromatic carbocycles. The van der Waals surface area contributed by atoms with E-state index in [1.165, 1.54) is 6.26 Å². The third-order valence-electron chi connectivity index (χ3n) is 2.30. The molecule has 4 heteroatoms. The number of amides is 1. The number of hydrogen-bond donors (Lipinski definition) is 0. The maximum Gasteiger partial charge on any atom is 0.258 e. The van der Waals surface area contributed by atoms with Gasteiger partial charge in [-0.2, -0.15) is 0 Å². The smallest absolute Gasteiger partial charge is 0.258 e. The molecule has 1 amide bonds. The molecule has 0 unspecified atom stereocenters. The van der Waals surface area contributed by atoms with Crippen molar-refractivity contribution in [1.82, 2.24) is 4.90 Å². The zero-order valence-electron chi connectivity index (χ0n) is 9.12. The quantitative estimate of drug-likeness (QED) is 0.825. The van der Waals surface area contributed by atoms with Crippen LogP contribution in [0, 0.1) is 0 Å². The maximum absolute atomic E-state index is 12.0. The molecule has 0 atom stereocenters. The fraction of sp³-hybridized carbons (Fsp3) is 0.545. The molecule has 1 aromatic heterocycles. The summed E-state index contributed by atoms with van der Waals surface area (Å²) in [5, 5.41) is 0. The molecule has 84 valence electrons. The molecule has 1 aromatic rings. The van der Waals surface area contributed by atoms with E-state index in [1.54, 1.807) is 6.07 Å². The van der Waals surface area contributed by atoms with Crippen LogP contribution in [-0.2, 0) is 0 Å². The molecule has 0 aliphatic carbocycles. The van der Waals surface area contributed by atoms with Gasteiger partial charge in [-0.3, -0.25) is 4.79 Å². The van der Waals surface area contributed by atoms with Gasteiger partial charge in [-0.1, -0.05) is 13.3 Å². The van der Waals surface area contributed by atoms with E-state index in [2.05, 4.69) is 22.9 Å². The van der Waals surface area contributed by atoms with E-state index in [-0.39, 0.29) is 5.91 Å². The lowest BCUT2D eigenvalue weighted by atomic mass is 10.2. The third kappa shape index (κ3) is 3.09. The summed E-state index contributed by atoms with van der Waals surface area (Å²) in [6.45, 7) is 5.65. The van der Waals surface area contributed by atoms with Crippen molar-refractivity contribution < 1.29 is 9.21 Å². The van der Waals surface area contributed by atoms with E-state index in [9.17, 15) is 4.79 Å². The average molecular weight is 274 g/mol. The molecule has 0 bridgehead atoms. The number of carbonyl (C=O) groups excluding carboxylic acids is 1. The van der Waals surface area contributed by atoms with Crippen LogP contribution in [0.15, 0.2) is 21.4 Å². The van der Waals surface area contributed by atoms with Gasteiger partial charge in [0.25, 0.3) is 5.91 Å². The van der Waals surface area contributed by atoms with Crippen LogP contribution in [0.1, 0.15) is 37.0 Å². The molecule has 0 aliphatic heterocycles. The zero-order chi connectivity index (χ0) is 11.3. The molecule has 0 fully saturated rings. The second-order valence-electron chi connectivity index (χ2n) is 3.35. The van der Waals surface area contributed by atoms with Gasteiger partial charge in [0.05, 0.1) is 11.8 Å². The summed E-state index contributed by atoms with van der Waals surface area (Å²) in [5.41, 5.74) is 0.605. The topological polar surface area (TPSA) is 33.5 Å². The Morgan fingerprint density at radius 2 is 2.27 bits per heavy atom. The Balaban J connectivity index is 2.69. The molecule has 3 nitrogen and oxygen atoms in total. The van der Waals surface area contributed by atoms with Crippen molar-refractivity contribution >= 4 is 21.8 Å². The number of rotatable bonds is 5. The normalized spacial score (nSPS) is 10.3. The van der Waals surface area contributed by atoms with Crippen LogP contribution < -0.4 is 0 Å². The lowest BCUT2D eigenvalue weighted by Crippen LogP contribution is -2.31. The minimum Gasteiger partial charge on any atom is -0.457 e. The average Bonchev–Trinajstić information content (AvgIpc) is 2.65. The lowest BCUT2D eigenvalue weighted by molar-refractivity contribution is 0.0760. The van der Waals surface area contributed by atoms with Crippen molar-refractivity contribution in [2.45, 2.75) is 26.7 Å². The van der Waals surface area contributed by atoms with Crippen LogP contribution in [0.5, 0.6) is 0 Å². The maximum atomic E-state index is 12.0. The predicted octanol–water partition coefficient (Wildman–Crippen LogP) is 3.30. The highest BCUT2D eigenvalue weighted by atomic mass is 79.9. The molecule has 0 aliphatic rings. The highest BCUT2D eigenvalue weighted by molar-refractivity contribution is 9.10. The summed E-state index contributed by atoms with van der Waals surface area (Å²) >= 11 is 3.22. The number of furan rings is 1. The molecular weight excluding hydrogens is 258 g/mol. The summed E-state index contributed by atoms with van der Waals surface area (Å²) in [4.78, 5) is 13.8. The molecule has 0 radical (unpaired) electrons. The number of carbonyl (C=O) groups is 1. The first-order chi connectivity index (χ1) is 7.20. The van der Waals surface area contributed by atoms with Crippen LogP contribution in [0.3, 0.4) is 0 Å². The second kappa shape index (κ2) is 5.95. The van der Waals surface area contributed by atoms with Crippen molar-refractivity contribution in [2.75, 3.05) is 13.1 Å². The number of hydrogen-bond acceptors (Lipinski definition) is 2. The largest absolute Gasteiger partial charge is 0.457 e. The molecule has 0 N–H and O–H groups in total. The van der Waals surface area contributed by atoms with Crippen molar-refractivity contribution in [3.05, 3.63) is 22.6 Å². The molecule has 15 heavy (non-hydrogen) atoms. The summed E-state index contributed by atoms with van der Waals surface area (Å²) in [6.07, 6.45) is 3.65. The van der Waals surface area contributed by atoms with Crippen LogP contribution in [0.2, 0.25) is 0 Å². The molecule has 1 heterocycles. The highest BCUT2D eigenvalue weighted by Gasteiger charge is 2.18. The minimum absolute atomic E-state index is 0.0339. The number of halogens is 1. The standard InChI is InChI=1S/C11H16BrNO2/c1-3-5-7-13(4-2)11(14)9-6-8-15-10(9)12/h6,8H,3-5,7H2,1-2H3. The Bertz CT molecular complexity index is 322. The minimum atomic E-state index is 0.0339. The van der Waals surface area contributed by atoms with Gasteiger partial charge in [0.15, 0.2) is 4.67 Å². The SMILES string of the molecule is CCCCN(CC)C(=O)c1ccoc1Br. The van der Waals surface area contributed by atoms with Crippen LogP contribution >= 0.6 is 15.9 Å². The Hall–Kier alpha value is -0.770. The Kier molecular flexibility index (Phi) is 4.88. The van der Waals surface area contributed by atoms with E-state index in [4.69, 9.17) is 4.42 Å². The lowest BCUT2D eigenvalue weighted by Gasteiger charge is -2.19. The van der Waals surface area contributed by atoms with Gasteiger partial charge in [-0.05, 0) is 35.3 Å². The van der Waals surface area contributed by atoms with Crippen molar-refractivity contribution in [3.63, 3.8) is 0 Å². The van der Waals surface area contributed by atoms with E-state index >= 15 is 0 Å². The molecule has 1 rings (SSSR count). The first-order valence-corrected chi connectivity index (χ1v) is 6.02. The van der Waals surface area contributed by atoms with Crippen molar-refractivity contribution in [2.24, 2.45) is 0 Å². The van der Waals surface area contributed by atoms with Gasteiger partial charge >= 0.3 is 0 Å². The van der Waals surface area contributed by atoms with E-state index in [0.29, 0.717) is 10.2 Å². The monoisotopic (exact) mass is 273 g/mol. The molecule has 0 spiro atoms. The van der Waals surface area contributed by atoms with Gasteiger partial charge < -0.3 is 9.32 Å². The Labute approximate surface area is 98.6 Å². The van der Waals surface area contributed by atoms with E-state index < -0.39 is 0 Å². The summed E-state index contributed by atoms with van der Waals surface area (Å²) in [5.74, 6) is 0.0339. The third-order valence-corrected chi connectivity index (χ3v) is 2.91. The van der Waals surface area contributed by atoms with Crippen molar-refractivity contribution in [1.29, 1.82) is 0 Å². The first-order valence-electron chi connectivity index (χ1n) is 5.23. The van der Waals surface area contributed by atoms with Gasteiger partial charge in [0, 0.05) is 13.1 Å². The Morgan fingerprint density at radius 1 is 1.53 bits per heavy atom. The first kappa shape index (κ1) is 12.3. The number of unbranched alkanes of at least 4 members (excludes halogenated alkanes) is 1. The fourth-order valence-electron chi connectivity index (χ4n) is 1.37. The van der Waals surface area contributed by atoms with Gasteiger partial charge in [0.2, 0.25) is 0 Å². The zero-order valence-corrected chi connectivity index (χ0v) is 10.7. The van der Waals surface area contributed by atoms with E-state index in [1.807, 2.05) is 11.8 Å². The van der Waals surface area contributed by atoms with Crippen LogP contribution in [0.4, 0.5) is 0 Å². The molecule has 0 saturated carbocycles.